The molecule has 1 N–H and O–H groups in total. The van der Waals surface area contributed by atoms with Crippen LogP contribution < -0.4 is 5.32 Å². The monoisotopic (exact) mass is 423 g/mol. The summed E-state index contributed by atoms with van der Waals surface area (Å²) in [5, 5.41) is 10.1. The van der Waals surface area contributed by atoms with Gasteiger partial charge in [0.2, 0.25) is 0 Å². The van der Waals surface area contributed by atoms with Crippen molar-refractivity contribution in [2.45, 2.75) is 51.9 Å². The standard InChI is InChI=1S/C25H30ClN3O/c1-2-18-8-14-23(15-9-18)27-25(30)29-17-21(16-19-6-4-3-5-7-19)24(28-29)20-10-12-22(26)13-11-20/h8-15,19,21H,2-7,16-17H2,1H3,(H,27,30). The summed E-state index contributed by atoms with van der Waals surface area (Å²) in [6.07, 6.45) is 8.66. The number of aryl methyl sites for hydroxylation is 1. The molecule has 158 valence electrons. The van der Waals surface area contributed by atoms with E-state index in [0.717, 1.165) is 35.7 Å². The summed E-state index contributed by atoms with van der Waals surface area (Å²) < 4.78 is 0. The Kier molecular flexibility index (Phi) is 6.73. The zero-order valence-electron chi connectivity index (χ0n) is 17.6. The quantitative estimate of drug-likeness (QED) is 0.568. The normalized spacial score (nSPS) is 19.6. The Morgan fingerprint density at radius 2 is 1.77 bits per heavy atom. The number of amides is 2. The minimum absolute atomic E-state index is 0.170. The van der Waals surface area contributed by atoms with Crippen LogP contribution in [0.5, 0.6) is 0 Å². The molecule has 1 fully saturated rings. The van der Waals surface area contributed by atoms with Gasteiger partial charge in [0.15, 0.2) is 0 Å². The fourth-order valence-electron chi connectivity index (χ4n) is 4.61. The Bertz CT molecular complexity index is 886. The molecular formula is C25H30ClN3O. The number of hydrogen-bond donors (Lipinski definition) is 1. The fourth-order valence-corrected chi connectivity index (χ4v) is 4.74. The molecule has 0 radical (unpaired) electrons. The molecule has 1 saturated carbocycles. The Morgan fingerprint density at radius 1 is 1.07 bits per heavy atom. The molecule has 4 rings (SSSR count). The van der Waals surface area contributed by atoms with Gasteiger partial charge in [0.25, 0.3) is 0 Å². The predicted octanol–water partition coefficient (Wildman–Crippen LogP) is 6.74. The lowest BCUT2D eigenvalue weighted by Gasteiger charge is -2.25. The summed E-state index contributed by atoms with van der Waals surface area (Å²) in [5.74, 6) is 0.994. The SMILES string of the molecule is CCc1ccc(NC(=O)N2CC(CC3CCCCC3)C(c3ccc(Cl)cc3)=N2)cc1. The van der Waals surface area contributed by atoms with E-state index >= 15 is 0 Å². The van der Waals surface area contributed by atoms with Crippen molar-refractivity contribution in [2.75, 3.05) is 11.9 Å². The third kappa shape index (κ3) is 5.04. The molecule has 0 bridgehead atoms. The molecule has 0 aromatic heterocycles. The van der Waals surface area contributed by atoms with Crippen molar-refractivity contribution in [1.82, 2.24) is 5.01 Å². The highest BCUT2D eigenvalue weighted by Crippen LogP contribution is 2.33. The minimum atomic E-state index is -0.170. The number of nitrogens with one attached hydrogen (secondary N) is 1. The molecule has 0 saturated heterocycles. The minimum Gasteiger partial charge on any atom is -0.306 e. The largest absolute Gasteiger partial charge is 0.342 e. The van der Waals surface area contributed by atoms with Crippen molar-refractivity contribution in [3.63, 3.8) is 0 Å². The molecule has 1 atom stereocenters. The van der Waals surface area contributed by atoms with Crippen LogP contribution in [0.3, 0.4) is 0 Å². The number of rotatable bonds is 5. The van der Waals surface area contributed by atoms with Crippen molar-refractivity contribution in [1.29, 1.82) is 0 Å². The van der Waals surface area contributed by atoms with Gasteiger partial charge in [-0.05, 0) is 54.2 Å². The predicted molar refractivity (Wildman–Crippen MR) is 124 cm³/mol. The molecule has 2 aromatic rings. The molecule has 0 spiro atoms. The van der Waals surface area contributed by atoms with Gasteiger partial charge < -0.3 is 5.32 Å². The van der Waals surface area contributed by atoms with Crippen LogP contribution in [-0.2, 0) is 6.42 Å². The van der Waals surface area contributed by atoms with Gasteiger partial charge >= 0.3 is 6.03 Å². The molecule has 1 heterocycles. The average Bonchev–Trinajstić information content (AvgIpc) is 3.19. The number of hydrogen-bond acceptors (Lipinski definition) is 2. The first-order valence-electron chi connectivity index (χ1n) is 11.1. The number of benzene rings is 2. The third-order valence-electron chi connectivity index (χ3n) is 6.34. The van der Waals surface area contributed by atoms with Gasteiger partial charge in [0, 0.05) is 16.6 Å². The smallest absolute Gasteiger partial charge is 0.306 e. The zero-order chi connectivity index (χ0) is 20.9. The van der Waals surface area contributed by atoms with Crippen LogP contribution in [0.4, 0.5) is 10.5 Å². The average molecular weight is 424 g/mol. The van der Waals surface area contributed by atoms with Gasteiger partial charge in [-0.15, -0.1) is 0 Å². The number of halogens is 1. The fraction of sp³-hybridized carbons (Fsp3) is 0.440. The zero-order valence-corrected chi connectivity index (χ0v) is 18.4. The molecule has 2 amide bonds. The first-order valence-corrected chi connectivity index (χ1v) is 11.5. The summed E-state index contributed by atoms with van der Waals surface area (Å²) >= 11 is 6.09. The number of anilines is 1. The topological polar surface area (TPSA) is 44.7 Å². The van der Waals surface area contributed by atoms with Crippen molar-refractivity contribution in [2.24, 2.45) is 16.9 Å². The molecule has 1 unspecified atom stereocenters. The lowest BCUT2D eigenvalue weighted by atomic mass is 9.80. The summed E-state index contributed by atoms with van der Waals surface area (Å²) in [6.45, 7) is 2.75. The van der Waals surface area contributed by atoms with Gasteiger partial charge in [0.05, 0.1) is 12.3 Å². The van der Waals surface area contributed by atoms with Crippen molar-refractivity contribution < 1.29 is 4.79 Å². The second kappa shape index (κ2) is 9.65. The van der Waals surface area contributed by atoms with Crippen LogP contribution in [0.15, 0.2) is 53.6 Å². The third-order valence-corrected chi connectivity index (χ3v) is 6.59. The molecule has 2 aliphatic rings. The molecule has 30 heavy (non-hydrogen) atoms. The van der Waals surface area contributed by atoms with Gasteiger partial charge in [-0.3, -0.25) is 0 Å². The number of urea groups is 1. The second-order valence-corrected chi connectivity index (χ2v) is 8.93. The van der Waals surface area contributed by atoms with Gasteiger partial charge in [0.1, 0.15) is 0 Å². The maximum atomic E-state index is 12.9. The Labute approximate surface area is 184 Å². The van der Waals surface area contributed by atoms with Crippen LogP contribution in [0.1, 0.15) is 56.6 Å². The van der Waals surface area contributed by atoms with Crippen LogP contribution in [-0.4, -0.2) is 23.3 Å². The molecular weight excluding hydrogens is 394 g/mol. The van der Waals surface area contributed by atoms with Crippen molar-refractivity contribution >= 4 is 29.0 Å². The number of carbonyl (C=O) groups excluding carboxylic acids is 1. The van der Waals surface area contributed by atoms with Gasteiger partial charge in [-0.2, -0.15) is 5.10 Å². The van der Waals surface area contributed by atoms with E-state index in [1.54, 1.807) is 5.01 Å². The van der Waals surface area contributed by atoms with E-state index in [9.17, 15) is 4.79 Å². The summed E-state index contributed by atoms with van der Waals surface area (Å²) in [5.41, 5.74) is 4.12. The summed E-state index contributed by atoms with van der Waals surface area (Å²) in [7, 11) is 0. The van der Waals surface area contributed by atoms with Gasteiger partial charge in [-0.1, -0.05) is 74.9 Å². The molecule has 4 nitrogen and oxygen atoms in total. The maximum Gasteiger partial charge on any atom is 0.342 e. The van der Waals surface area contributed by atoms with E-state index in [1.165, 1.54) is 37.7 Å². The molecule has 1 aliphatic carbocycles. The number of nitrogens with zero attached hydrogens (tertiary/aromatic N) is 2. The van der Waals surface area contributed by atoms with Crippen LogP contribution in [0.25, 0.3) is 0 Å². The number of hydrazone groups is 1. The van der Waals surface area contributed by atoms with Crippen LogP contribution in [0, 0.1) is 11.8 Å². The van der Waals surface area contributed by atoms with Crippen LogP contribution in [0.2, 0.25) is 5.02 Å². The summed E-state index contributed by atoms with van der Waals surface area (Å²) in [4.78, 5) is 12.9. The van der Waals surface area contributed by atoms with E-state index in [0.29, 0.717) is 11.6 Å². The Hall–Kier alpha value is -2.33. The molecule has 1 aliphatic heterocycles. The van der Waals surface area contributed by atoms with E-state index in [2.05, 4.69) is 12.2 Å². The van der Waals surface area contributed by atoms with Gasteiger partial charge in [-0.25, -0.2) is 9.80 Å². The highest BCUT2D eigenvalue weighted by atomic mass is 35.5. The number of carbonyl (C=O) groups is 1. The Balaban J connectivity index is 1.50. The second-order valence-electron chi connectivity index (χ2n) is 8.49. The van der Waals surface area contributed by atoms with E-state index in [4.69, 9.17) is 16.7 Å². The lowest BCUT2D eigenvalue weighted by Crippen LogP contribution is -2.31. The summed E-state index contributed by atoms with van der Waals surface area (Å²) in [6, 6.07) is 15.7. The molecule has 2 aromatic carbocycles. The highest BCUT2D eigenvalue weighted by Gasteiger charge is 2.33. The first kappa shape index (κ1) is 20.9. The van der Waals surface area contributed by atoms with E-state index in [1.807, 2.05) is 48.5 Å². The first-order chi connectivity index (χ1) is 14.6. The maximum absolute atomic E-state index is 12.9. The van der Waals surface area contributed by atoms with Crippen molar-refractivity contribution in [3.05, 3.63) is 64.7 Å². The van der Waals surface area contributed by atoms with Crippen LogP contribution >= 0.6 is 11.6 Å². The van der Waals surface area contributed by atoms with E-state index < -0.39 is 0 Å². The Morgan fingerprint density at radius 3 is 2.43 bits per heavy atom. The lowest BCUT2D eigenvalue weighted by molar-refractivity contribution is 0.212. The van der Waals surface area contributed by atoms with E-state index in [-0.39, 0.29) is 11.9 Å². The highest BCUT2D eigenvalue weighted by molar-refractivity contribution is 6.30. The van der Waals surface area contributed by atoms with Crippen molar-refractivity contribution in [3.8, 4) is 0 Å². The molecule has 5 heteroatoms.